The third-order valence-corrected chi connectivity index (χ3v) is 4.27. The Morgan fingerprint density at radius 2 is 2.09 bits per heavy atom. The molecule has 1 aromatic carbocycles. The Morgan fingerprint density at radius 1 is 1.30 bits per heavy atom. The molecule has 0 bridgehead atoms. The first-order valence-corrected chi connectivity index (χ1v) is 8.02. The SMILES string of the molecule is Cc1ccc(/C=N/NC(=O)c2cc(-c3ccc(Cl)cc3)n[nH]2)s1. The van der Waals surface area contributed by atoms with Crippen LogP contribution in [0.15, 0.2) is 47.6 Å². The van der Waals surface area contributed by atoms with Crippen molar-refractivity contribution in [2.75, 3.05) is 0 Å². The summed E-state index contributed by atoms with van der Waals surface area (Å²) in [4.78, 5) is 14.2. The predicted octanol–water partition coefficient (Wildman–Crippen LogP) is 3.86. The van der Waals surface area contributed by atoms with Crippen LogP contribution in [-0.2, 0) is 0 Å². The van der Waals surface area contributed by atoms with Gasteiger partial charge in [-0.25, -0.2) is 5.43 Å². The Kier molecular flexibility index (Phi) is 4.55. The van der Waals surface area contributed by atoms with Gasteiger partial charge in [0.2, 0.25) is 0 Å². The molecule has 7 heteroatoms. The molecule has 0 saturated heterocycles. The smallest absolute Gasteiger partial charge is 0.272 e. The topological polar surface area (TPSA) is 70.1 Å². The maximum absolute atomic E-state index is 12.0. The first-order chi connectivity index (χ1) is 11.1. The van der Waals surface area contributed by atoms with Crippen molar-refractivity contribution in [2.24, 2.45) is 5.10 Å². The van der Waals surface area contributed by atoms with Crippen molar-refractivity contribution in [3.8, 4) is 11.3 Å². The summed E-state index contributed by atoms with van der Waals surface area (Å²) in [6.45, 7) is 2.02. The Labute approximate surface area is 142 Å². The lowest BCUT2D eigenvalue weighted by atomic mass is 10.1. The summed E-state index contributed by atoms with van der Waals surface area (Å²) in [5.41, 5.74) is 4.37. The molecule has 116 valence electrons. The number of benzene rings is 1. The number of rotatable bonds is 4. The third-order valence-electron chi connectivity index (χ3n) is 3.08. The number of aromatic nitrogens is 2. The number of halogens is 1. The maximum atomic E-state index is 12.0. The number of carbonyl (C=O) groups excluding carboxylic acids is 1. The minimum atomic E-state index is -0.345. The van der Waals surface area contributed by atoms with Gasteiger partial charge in [0.05, 0.1) is 11.9 Å². The van der Waals surface area contributed by atoms with E-state index in [1.54, 1.807) is 35.8 Å². The van der Waals surface area contributed by atoms with Crippen molar-refractivity contribution in [1.82, 2.24) is 15.6 Å². The van der Waals surface area contributed by atoms with E-state index in [1.807, 2.05) is 31.2 Å². The maximum Gasteiger partial charge on any atom is 0.289 e. The highest BCUT2D eigenvalue weighted by molar-refractivity contribution is 7.13. The average Bonchev–Trinajstić information content (AvgIpc) is 3.17. The molecule has 0 aliphatic carbocycles. The Bertz CT molecular complexity index is 851. The van der Waals surface area contributed by atoms with E-state index in [0.29, 0.717) is 16.4 Å². The zero-order valence-electron chi connectivity index (χ0n) is 12.2. The van der Waals surface area contributed by atoms with Crippen molar-refractivity contribution in [1.29, 1.82) is 0 Å². The van der Waals surface area contributed by atoms with Crippen LogP contribution in [-0.4, -0.2) is 22.3 Å². The number of amides is 1. The van der Waals surface area contributed by atoms with Gasteiger partial charge < -0.3 is 0 Å². The number of nitrogens with zero attached hydrogens (tertiary/aromatic N) is 2. The number of thiophene rings is 1. The Balaban J connectivity index is 1.66. The highest BCUT2D eigenvalue weighted by Gasteiger charge is 2.10. The molecule has 3 rings (SSSR count). The standard InChI is InChI=1S/C16H13ClN4OS/c1-10-2-7-13(23-10)9-18-21-16(22)15-8-14(19-20-15)11-3-5-12(17)6-4-11/h2-9H,1H3,(H,19,20)(H,21,22)/b18-9+. The van der Waals surface area contributed by atoms with E-state index in [0.717, 1.165) is 10.4 Å². The molecular formula is C16H13ClN4OS. The molecule has 2 heterocycles. The molecular weight excluding hydrogens is 332 g/mol. The molecule has 0 atom stereocenters. The summed E-state index contributed by atoms with van der Waals surface area (Å²) in [6.07, 6.45) is 1.62. The summed E-state index contributed by atoms with van der Waals surface area (Å²) in [5.74, 6) is -0.345. The second-order valence-electron chi connectivity index (χ2n) is 4.82. The summed E-state index contributed by atoms with van der Waals surface area (Å²) in [6, 6.07) is 12.9. The number of carbonyl (C=O) groups is 1. The highest BCUT2D eigenvalue weighted by Crippen LogP contribution is 2.20. The van der Waals surface area contributed by atoms with Crippen LogP contribution in [0.4, 0.5) is 0 Å². The molecule has 0 aliphatic rings. The highest BCUT2D eigenvalue weighted by atomic mass is 35.5. The van der Waals surface area contributed by atoms with Gasteiger partial charge in [0.1, 0.15) is 5.69 Å². The van der Waals surface area contributed by atoms with E-state index in [1.165, 1.54) is 4.88 Å². The van der Waals surface area contributed by atoms with E-state index in [4.69, 9.17) is 11.6 Å². The third kappa shape index (κ3) is 3.85. The van der Waals surface area contributed by atoms with E-state index >= 15 is 0 Å². The minimum Gasteiger partial charge on any atom is -0.272 e. The lowest BCUT2D eigenvalue weighted by Crippen LogP contribution is -2.17. The quantitative estimate of drug-likeness (QED) is 0.557. The molecule has 23 heavy (non-hydrogen) atoms. The molecule has 0 unspecified atom stereocenters. The summed E-state index contributed by atoms with van der Waals surface area (Å²) in [7, 11) is 0. The van der Waals surface area contributed by atoms with Crippen molar-refractivity contribution in [2.45, 2.75) is 6.92 Å². The number of aryl methyl sites for hydroxylation is 1. The van der Waals surface area contributed by atoms with Crippen LogP contribution in [0.2, 0.25) is 5.02 Å². The fourth-order valence-electron chi connectivity index (χ4n) is 1.94. The number of hydrogen-bond donors (Lipinski definition) is 2. The zero-order valence-corrected chi connectivity index (χ0v) is 13.8. The van der Waals surface area contributed by atoms with Gasteiger partial charge in [-0.1, -0.05) is 23.7 Å². The van der Waals surface area contributed by atoms with Gasteiger partial charge in [-0.3, -0.25) is 9.89 Å². The second-order valence-corrected chi connectivity index (χ2v) is 6.58. The first-order valence-electron chi connectivity index (χ1n) is 6.83. The van der Waals surface area contributed by atoms with Crippen LogP contribution in [0.25, 0.3) is 11.3 Å². The van der Waals surface area contributed by atoms with Crippen LogP contribution in [0.3, 0.4) is 0 Å². The number of nitrogens with one attached hydrogen (secondary N) is 2. The van der Waals surface area contributed by atoms with Crippen molar-refractivity contribution in [3.63, 3.8) is 0 Å². The molecule has 5 nitrogen and oxygen atoms in total. The van der Waals surface area contributed by atoms with Crippen LogP contribution < -0.4 is 5.43 Å². The average molecular weight is 345 g/mol. The van der Waals surface area contributed by atoms with Gasteiger partial charge >= 0.3 is 0 Å². The van der Waals surface area contributed by atoms with Gasteiger partial charge in [0.15, 0.2) is 0 Å². The fraction of sp³-hybridized carbons (Fsp3) is 0.0625. The summed E-state index contributed by atoms with van der Waals surface area (Å²) < 4.78 is 0. The van der Waals surface area contributed by atoms with E-state index in [2.05, 4.69) is 20.7 Å². The van der Waals surface area contributed by atoms with Gasteiger partial charge in [-0.2, -0.15) is 10.2 Å². The number of hydrogen-bond acceptors (Lipinski definition) is 4. The minimum absolute atomic E-state index is 0.342. The van der Waals surface area contributed by atoms with Gasteiger partial charge in [-0.05, 0) is 37.3 Å². The normalized spacial score (nSPS) is 11.0. The molecule has 2 N–H and O–H groups in total. The lowest BCUT2D eigenvalue weighted by molar-refractivity contribution is 0.0950. The van der Waals surface area contributed by atoms with E-state index < -0.39 is 0 Å². The van der Waals surface area contributed by atoms with Crippen LogP contribution >= 0.6 is 22.9 Å². The number of H-pyrrole nitrogens is 1. The lowest BCUT2D eigenvalue weighted by Gasteiger charge is -1.95. The zero-order chi connectivity index (χ0) is 16.2. The molecule has 0 spiro atoms. The monoisotopic (exact) mass is 344 g/mol. The van der Waals surface area contributed by atoms with Crippen molar-refractivity contribution < 1.29 is 4.79 Å². The van der Waals surface area contributed by atoms with Gasteiger partial charge in [0, 0.05) is 20.3 Å². The van der Waals surface area contributed by atoms with E-state index in [9.17, 15) is 4.79 Å². The van der Waals surface area contributed by atoms with E-state index in [-0.39, 0.29) is 5.91 Å². The fourth-order valence-corrected chi connectivity index (χ4v) is 2.82. The summed E-state index contributed by atoms with van der Waals surface area (Å²) >= 11 is 7.46. The van der Waals surface area contributed by atoms with Gasteiger partial charge in [0.25, 0.3) is 5.91 Å². The Hall–Kier alpha value is -2.44. The van der Waals surface area contributed by atoms with Crippen LogP contribution in [0, 0.1) is 6.92 Å². The van der Waals surface area contributed by atoms with Gasteiger partial charge in [-0.15, -0.1) is 11.3 Å². The molecule has 0 fully saturated rings. The molecule has 2 aromatic heterocycles. The predicted molar refractivity (Wildman–Crippen MR) is 93.1 cm³/mol. The van der Waals surface area contributed by atoms with Crippen LogP contribution in [0.5, 0.6) is 0 Å². The number of hydrazone groups is 1. The Morgan fingerprint density at radius 3 is 2.78 bits per heavy atom. The molecule has 1 amide bonds. The van der Waals surface area contributed by atoms with Crippen LogP contribution in [0.1, 0.15) is 20.2 Å². The number of aromatic amines is 1. The largest absolute Gasteiger partial charge is 0.289 e. The second kappa shape index (κ2) is 6.76. The first kappa shape index (κ1) is 15.5. The molecule has 0 aliphatic heterocycles. The van der Waals surface area contributed by atoms with Crippen molar-refractivity contribution >= 4 is 35.1 Å². The molecule has 0 radical (unpaired) electrons. The van der Waals surface area contributed by atoms with Crippen molar-refractivity contribution in [3.05, 3.63) is 62.9 Å². The summed E-state index contributed by atoms with van der Waals surface area (Å²) in [5, 5.41) is 11.4. The molecule has 3 aromatic rings. The molecule has 0 saturated carbocycles.